The van der Waals surface area contributed by atoms with Gasteiger partial charge in [0.25, 0.3) is 5.91 Å². The molecule has 8 nitrogen and oxygen atoms in total. The molecule has 0 aliphatic carbocycles. The normalized spacial score (nSPS) is 19.1. The van der Waals surface area contributed by atoms with Crippen molar-refractivity contribution in [2.45, 2.75) is 13.0 Å². The average molecular weight is 432 g/mol. The minimum Gasteiger partial charge on any atom is -0.476 e. The zero-order valence-electron chi connectivity index (χ0n) is 17.0. The smallest absolute Gasteiger partial charge is 0.267 e. The monoisotopic (exact) mass is 431 g/mol. The fourth-order valence-electron chi connectivity index (χ4n) is 3.61. The van der Waals surface area contributed by atoms with Crippen LogP contribution in [0.5, 0.6) is 5.75 Å². The van der Waals surface area contributed by atoms with Crippen LogP contribution in [0.1, 0.15) is 5.56 Å². The number of amides is 1. The van der Waals surface area contributed by atoms with Crippen molar-refractivity contribution in [3.05, 3.63) is 48.0 Å². The zero-order chi connectivity index (χ0) is 21.3. The van der Waals surface area contributed by atoms with E-state index >= 15 is 0 Å². The first kappa shape index (κ1) is 20.5. The fourth-order valence-corrected chi connectivity index (χ4v) is 4.52. The van der Waals surface area contributed by atoms with Crippen molar-refractivity contribution in [2.75, 3.05) is 53.6 Å². The molecule has 0 bridgehead atoms. The Morgan fingerprint density at radius 1 is 1.10 bits per heavy atom. The molecule has 1 amide bonds. The molecule has 4 rings (SSSR count). The summed E-state index contributed by atoms with van der Waals surface area (Å²) in [5, 5.41) is 2.83. The van der Waals surface area contributed by atoms with E-state index in [1.54, 1.807) is 12.1 Å². The van der Waals surface area contributed by atoms with Gasteiger partial charge < -0.3 is 19.7 Å². The van der Waals surface area contributed by atoms with E-state index in [0.717, 1.165) is 30.6 Å². The van der Waals surface area contributed by atoms with Crippen LogP contribution in [-0.2, 0) is 19.6 Å². The van der Waals surface area contributed by atoms with E-state index in [1.807, 2.05) is 37.3 Å². The molecule has 160 valence electrons. The van der Waals surface area contributed by atoms with Crippen molar-refractivity contribution in [2.24, 2.45) is 0 Å². The Kier molecular flexibility index (Phi) is 5.57. The molecular weight excluding hydrogens is 406 g/mol. The maximum Gasteiger partial charge on any atom is 0.267 e. The second kappa shape index (κ2) is 8.16. The lowest BCUT2D eigenvalue weighted by Crippen LogP contribution is -2.48. The topological polar surface area (TPSA) is 88.2 Å². The van der Waals surface area contributed by atoms with E-state index in [1.165, 1.54) is 4.31 Å². The van der Waals surface area contributed by atoms with Gasteiger partial charge in [0.2, 0.25) is 10.0 Å². The number of sulfonamides is 1. The second-order valence-corrected chi connectivity index (χ2v) is 9.41. The number of morpholine rings is 1. The van der Waals surface area contributed by atoms with E-state index in [9.17, 15) is 13.2 Å². The average Bonchev–Trinajstić information content (AvgIpc) is 2.73. The minimum atomic E-state index is -3.56. The first-order valence-corrected chi connectivity index (χ1v) is 11.6. The van der Waals surface area contributed by atoms with Gasteiger partial charge in [0.1, 0.15) is 5.75 Å². The molecule has 1 unspecified atom stereocenters. The number of anilines is 3. The molecule has 0 radical (unpaired) electrons. The number of carbonyl (C=O) groups excluding carboxylic acids is 1. The van der Waals surface area contributed by atoms with E-state index in [4.69, 9.17) is 9.47 Å². The number of carbonyl (C=O) groups is 1. The molecule has 2 aromatic carbocycles. The molecule has 30 heavy (non-hydrogen) atoms. The number of hydrogen-bond acceptors (Lipinski definition) is 6. The summed E-state index contributed by atoms with van der Waals surface area (Å²) in [5.74, 6) is -0.0194. The molecule has 0 saturated carbocycles. The number of benzene rings is 2. The highest BCUT2D eigenvalue weighted by Gasteiger charge is 2.35. The van der Waals surface area contributed by atoms with Crippen molar-refractivity contribution < 1.29 is 22.7 Å². The summed E-state index contributed by atoms with van der Waals surface area (Å²) in [7, 11) is -3.56. The maximum absolute atomic E-state index is 12.8. The van der Waals surface area contributed by atoms with Crippen molar-refractivity contribution in [1.29, 1.82) is 0 Å². The first-order valence-electron chi connectivity index (χ1n) is 9.80. The number of nitrogens with one attached hydrogen (secondary N) is 1. The molecule has 2 aliphatic heterocycles. The number of aryl methyl sites for hydroxylation is 1. The first-order chi connectivity index (χ1) is 14.3. The van der Waals surface area contributed by atoms with Gasteiger partial charge in [-0.3, -0.25) is 9.10 Å². The van der Waals surface area contributed by atoms with Gasteiger partial charge in [-0.15, -0.1) is 0 Å². The van der Waals surface area contributed by atoms with Crippen molar-refractivity contribution in [1.82, 2.24) is 0 Å². The van der Waals surface area contributed by atoms with Crippen LogP contribution < -0.4 is 19.3 Å². The highest BCUT2D eigenvalue weighted by atomic mass is 32.2. The summed E-state index contributed by atoms with van der Waals surface area (Å²) in [4.78, 5) is 15.0. The van der Waals surface area contributed by atoms with Gasteiger partial charge in [0.15, 0.2) is 6.10 Å². The number of rotatable bonds is 4. The van der Waals surface area contributed by atoms with Crippen LogP contribution in [0.25, 0.3) is 0 Å². The predicted octanol–water partition coefficient (Wildman–Crippen LogP) is 2.00. The Morgan fingerprint density at radius 2 is 1.80 bits per heavy atom. The van der Waals surface area contributed by atoms with Gasteiger partial charge in [-0.25, -0.2) is 8.42 Å². The molecule has 9 heteroatoms. The quantitative estimate of drug-likeness (QED) is 0.797. The molecule has 1 saturated heterocycles. The Balaban J connectivity index is 1.49. The Bertz CT molecular complexity index is 1030. The molecule has 2 aromatic rings. The Morgan fingerprint density at radius 3 is 2.47 bits per heavy atom. The van der Waals surface area contributed by atoms with Crippen molar-refractivity contribution >= 4 is 33.0 Å². The molecule has 2 heterocycles. The number of fused-ring (bicyclic) bond motifs is 1. The summed E-state index contributed by atoms with van der Waals surface area (Å²) < 4.78 is 37.0. The predicted molar refractivity (Wildman–Crippen MR) is 116 cm³/mol. The lowest BCUT2D eigenvalue weighted by atomic mass is 10.1. The second-order valence-electron chi connectivity index (χ2n) is 7.51. The number of hydrogen-bond donors (Lipinski definition) is 1. The summed E-state index contributed by atoms with van der Waals surface area (Å²) in [6, 6.07) is 12.8. The highest BCUT2D eigenvalue weighted by molar-refractivity contribution is 7.92. The molecule has 1 fully saturated rings. The lowest BCUT2D eigenvalue weighted by molar-refractivity contribution is -0.122. The molecule has 0 aromatic heterocycles. The van der Waals surface area contributed by atoms with E-state index in [-0.39, 0.29) is 6.54 Å². The molecule has 0 spiro atoms. The SMILES string of the molecule is Cc1ccc2c(c1)N(S(C)(=O)=O)CC(C(=O)Nc1ccc(N3CCOCC3)cc1)O2. The minimum absolute atomic E-state index is 0.0764. The van der Waals surface area contributed by atoms with Crippen LogP contribution in [0.2, 0.25) is 0 Å². The molecule has 1 N–H and O–H groups in total. The van der Waals surface area contributed by atoms with Crippen LogP contribution in [-0.4, -0.2) is 59.5 Å². The third-order valence-corrected chi connectivity index (χ3v) is 6.33. The summed E-state index contributed by atoms with van der Waals surface area (Å²) in [6.45, 7) is 4.88. The molecular formula is C21H25N3O5S. The highest BCUT2D eigenvalue weighted by Crippen LogP contribution is 2.36. The standard InChI is InChI=1S/C21H25N3O5S/c1-15-3-8-19-18(13-15)24(30(2,26)27)14-20(29-19)21(25)22-16-4-6-17(7-5-16)23-9-11-28-12-10-23/h3-8,13,20H,9-12,14H2,1-2H3,(H,22,25). The molecule has 2 aliphatic rings. The number of ether oxygens (including phenoxy) is 2. The Hall–Kier alpha value is -2.78. The lowest BCUT2D eigenvalue weighted by Gasteiger charge is -2.34. The van der Waals surface area contributed by atoms with Crippen molar-refractivity contribution in [3.63, 3.8) is 0 Å². The van der Waals surface area contributed by atoms with Gasteiger partial charge in [-0.2, -0.15) is 0 Å². The largest absolute Gasteiger partial charge is 0.476 e. The Labute approximate surface area is 176 Å². The maximum atomic E-state index is 12.8. The van der Waals surface area contributed by atoms with Gasteiger partial charge in [0, 0.05) is 24.5 Å². The van der Waals surface area contributed by atoms with Gasteiger partial charge >= 0.3 is 0 Å². The van der Waals surface area contributed by atoms with Gasteiger partial charge in [-0.1, -0.05) is 6.07 Å². The van der Waals surface area contributed by atoms with Crippen LogP contribution in [0, 0.1) is 6.92 Å². The van der Waals surface area contributed by atoms with E-state index in [2.05, 4.69) is 10.2 Å². The summed E-state index contributed by atoms with van der Waals surface area (Å²) in [6.07, 6.45) is 0.179. The fraction of sp³-hybridized carbons (Fsp3) is 0.381. The van der Waals surface area contributed by atoms with E-state index in [0.29, 0.717) is 30.3 Å². The van der Waals surface area contributed by atoms with Crippen LogP contribution in [0.4, 0.5) is 17.1 Å². The van der Waals surface area contributed by atoms with E-state index < -0.39 is 22.0 Å². The third kappa shape index (κ3) is 4.36. The van der Waals surface area contributed by atoms with Gasteiger partial charge in [0.05, 0.1) is 31.7 Å². The number of nitrogens with zero attached hydrogens (tertiary/aromatic N) is 2. The van der Waals surface area contributed by atoms with Crippen LogP contribution >= 0.6 is 0 Å². The van der Waals surface area contributed by atoms with Gasteiger partial charge in [-0.05, 0) is 48.9 Å². The molecule has 1 atom stereocenters. The van der Waals surface area contributed by atoms with Crippen LogP contribution in [0.3, 0.4) is 0 Å². The summed E-state index contributed by atoms with van der Waals surface area (Å²) in [5.41, 5.74) is 3.06. The summed E-state index contributed by atoms with van der Waals surface area (Å²) >= 11 is 0. The van der Waals surface area contributed by atoms with Crippen LogP contribution in [0.15, 0.2) is 42.5 Å². The third-order valence-electron chi connectivity index (χ3n) is 5.19. The zero-order valence-corrected chi connectivity index (χ0v) is 17.8. The van der Waals surface area contributed by atoms with Crippen molar-refractivity contribution in [3.8, 4) is 5.75 Å².